The number of benzene rings is 1. The molecule has 0 bridgehead atoms. The molecule has 1 amide bonds. The molecule has 8 nitrogen and oxygen atoms in total. The summed E-state index contributed by atoms with van der Waals surface area (Å²) in [6.07, 6.45) is 1.27. The van der Waals surface area contributed by atoms with E-state index in [-0.39, 0.29) is 64.6 Å². The number of ether oxygens (including phenoxy) is 1. The van der Waals surface area contributed by atoms with Gasteiger partial charge in [0, 0.05) is 30.6 Å². The molecule has 1 aliphatic carbocycles. The molecule has 2 aliphatic rings. The van der Waals surface area contributed by atoms with Gasteiger partial charge < -0.3 is 20.3 Å². The molecule has 2 heterocycles. The van der Waals surface area contributed by atoms with E-state index in [4.69, 9.17) is 4.74 Å². The molecule has 1 saturated heterocycles. The van der Waals surface area contributed by atoms with Crippen molar-refractivity contribution in [2.45, 2.75) is 77.4 Å². The number of rotatable bonds is 10. The maximum Gasteiger partial charge on any atom is 0.419 e. The van der Waals surface area contributed by atoms with Crippen molar-refractivity contribution in [2.24, 2.45) is 17.8 Å². The van der Waals surface area contributed by atoms with Gasteiger partial charge in [-0.2, -0.15) is 13.2 Å². The van der Waals surface area contributed by atoms with Crippen molar-refractivity contribution in [1.29, 1.82) is 0 Å². The summed E-state index contributed by atoms with van der Waals surface area (Å²) in [5.41, 5.74) is -1.24. The van der Waals surface area contributed by atoms with Crippen molar-refractivity contribution in [3.63, 3.8) is 0 Å². The second kappa shape index (κ2) is 14.0. The molecule has 2 atom stereocenters. The number of anilines is 2. The Hall–Kier alpha value is -3.28. The first-order valence-corrected chi connectivity index (χ1v) is 15.0. The highest BCUT2D eigenvalue weighted by atomic mass is 19.4. The number of hydrogen-bond acceptors (Lipinski definition) is 7. The molecule has 0 spiro atoms. The highest BCUT2D eigenvalue weighted by Crippen LogP contribution is 2.39. The zero-order valence-corrected chi connectivity index (χ0v) is 25.2. The minimum Gasteiger partial charge on any atom is -0.495 e. The Balaban J connectivity index is 1.56. The van der Waals surface area contributed by atoms with Gasteiger partial charge >= 0.3 is 6.18 Å². The van der Waals surface area contributed by atoms with E-state index >= 15 is 4.39 Å². The summed E-state index contributed by atoms with van der Waals surface area (Å²) >= 11 is 0. The molecule has 12 heteroatoms. The van der Waals surface area contributed by atoms with Gasteiger partial charge in [0.1, 0.15) is 17.3 Å². The largest absolute Gasteiger partial charge is 0.495 e. The minimum absolute atomic E-state index is 0.0153. The molecule has 1 saturated carbocycles. The van der Waals surface area contributed by atoms with Crippen molar-refractivity contribution in [3.05, 3.63) is 41.0 Å². The number of methoxy groups -OCH3 is 1. The third kappa shape index (κ3) is 8.43. The third-order valence-corrected chi connectivity index (χ3v) is 8.64. The first-order valence-electron chi connectivity index (χ1n) is 15.0. The predicted molar refractivity (Wildman–Crippen MR) is 155 cm³/mol. The summed E-state index contributed by atoms with van der Waals surface area (Å²) in [5, 5.41) is 5.66. The van der Waals surface area contributed by atoms with Crippen LogP contribution < -0.4 is 15.4 Å². The number of ketones is 1. The first kappa shape index (κ1) is 32.6. The van der Waals surface area contributed by atoms with Crippen LogP contribution in [-0.2, 0) is 17.4 Å². The van der Waals surface area contributed by atoms with E-state index in [1.165, 1.54) is 13.2 Å². The highest BCUT2D eigenvalue weighted by Gasteiger charge is 2.37. The SMILES string of the molecule is COc1cc(C(=O)NC2CCN(C)CC2)c(F)cc1Nc1ncc(C(F)(F)F)c(C[C@@H]2CCCC[C@H]2CC(=O)C(C)C)n1. The van der Waals surface area contributed by atoms with Gasteiger partial charge in [-0.3, -0.25) is 9.59 Å². The Labute approximate surface area is 250 Å². The van der Waals surface area contributed by atoms with Crippen LogP contribution in [0.2, 0.25) is 0 Å². The second-order valence-corrected chi connectivity index (χ2v) is 12.1. The van der Waals surface area contributed by atoms with Crippen molar-refractivity contribution in [2.75, 3.05) is 32.6 Å². The van der Waals surface area contributed by atoms with Crippen LogP contribution in [0.1, 0.15) is 80.4 Å². The zero-order chi connectivity index (χ0) is 31.3. The molecule has 2 aromatic rings. The van der Waals surface area contributed by atoms with E-state index in [9.17, 15) is 22.8 Å². The Morgan fingerprint density at radius 1 is 1.09 bits per heavy atom. The number of carbonyl (C=O) groups excluding carboxylic acids is 2. The number of hydrogen-bond donors (Lipinski definition) is 2. The van der Waals surface area contributed by atoms with Crippen LogP contribution in [-0.4, -0.2) is 59.8 Å². The molecule has 43 heavy (non-hydrogen) atoms. The number of amides is 1. The fourth-order valence-corrected chi connectivity index (χ4v) is 5.96. The van der Waals surface area contributed by atoms with Crippen LogP contribution in [0, 0.1) is 23.6 Å². The number of nitrogens with zero attached hydrogens (tertiary/aromatic N) is 3. The number of piperidine rings is 1. The first-order chi connectivity index (χ1) is 20.3. The molecule has 2 fully saturated rings. The van der Waals surface area contributed by atoms with Crippen LogP contribution in [0.5, 0.6) is 5.75 Å². The van der Waals surface area contributed by atoms with Crippen molar-refractivity contribution < 1.29 is 31.9 Å². The normalized spacial score (nSPS) is 20.2. The maximum absolute atomic E-state index is 15.2. The van der Waals surface area contributed by atoms with E-state index < -0.39 is 23.5 Å². The smallest absolute Gasteiger partial charge is 0.419 e. The molecular formula is C31H41F4N5O3. The van der Waals surface area contributed by atoms with Gasteiger partial charge in [-0.25, -0.2) is 14.4 Å². The van der Waals surface area contributed by atoms with Crippen LogP contribution >= 0.6 is 0 Å². The van der Waals surface area contributed by atoms with Crippen molar-refractivity contribution in [1.82, 2.24) is 20.2 Å². The van der Waals surface area contributed by atoms with Crippen LogP contribution in [0.25, 0.3) is 0 Å². The molecule has 236 valence electrons. The average molecular weight is 608 g/mol. The molecular weight excluding hydrogens is 566 g/mol. The fourth-order valence-electron chi connectivity index (χ4n) is 5.96. The summed E-state index contributed by atoms with van der Waals surface area (Å²) in [4.78, 5) is 35.6. The van der Waals surface area contributed by atoms with Crippen LogP contribution in [0.4, 0.5) is 29.2 Å². The molecule has 1 aromatic carbocycles. The van der Waals surface area contributed by atoms with Gasteiger partial charge in [-0.15, -0.1) is 0 Å². The van der Waals surface area contributed by atoms with Gasteiger partial charge in [-0.05, 0) is 70.1 Å². The predicted octanol–water partition coefficient (Wildman–Crippen LogP) is 6.17. The number of likely N-dealkylation sites (tertiary alicyclic amines) is 1. The van der Waals surface area contributed by atoms with Gasteiger partial charge in [0.2, 0.25) is 5.95 Å². The maximum atomic E-state index is 15.2. The summed E-state index contributed by atoms with van der Waals surface area (Å²) in [7, 11) is 3.35. The molecule has 1 aromatic heterocycles. The Morgan fingerprint density at radius 2 is 1.77 bits per heavy atom. The summed E-state index contributed by atoms with van der Waals surface area (Å²) < 4.78 is 62.5. The van der Waals surface area contributed by atoms with Gasteiger partial charge in [0.15, 0.2) is 0 Å². The minimum atomic E-state index is -4.67. The van der Waals surface area contributed by atoms with Gasteiger partial charge in [0.05, 0.1) is 29.6 Å². The van der Waals surface area contributed by atoms with Gasteiger partial charge in [-0.1, -0.05) is 26.7 Å². The number of halogens is 4. The number of nitrogens with one attached hydrogen (secondary N) is 2. The standard InChI is InChI=1S/C31H41F4N5O3/c1-18(2)27(41)14-20-8-6-5-7-19(20)13-25-23(31(33,34)35)17-36-30(38-25)39-26-16-24(32)22(15-28(26)43-4)29(42)37-21-9-11-40(3)12-10-21/h15-21H,5-14H2,1-4H3,(H,37,42)(H,36,38,39)/t19-,20-/m0/s1. The molecule has 0 radical (unpaired) electrons. The van der Waals surface area contributed by atoms with Crippen LogP contribution in [0.15, 0.2) is 18.3 Å². The molecule has 2 N–H and O–H groups in total. The zero-order valence-electron chi connectivity index (χ0n) is 25.2. The number of Topliss-reactive ketones (excluding diaryl/α,β-unsaturated/α-hetero) is 1. The second-order valence-electron chi connectivity index (χ2n) is 12.1. The Morgan fingerprint density at radius 3 is 2.40 bits per heavy atom. The van der Waals surface area contributed by atoms with E-state index in [1.54, 1.807) is 0 Å². The Bertz CT molecular complexity index is 1290. The summed E-state index contributed by atoms with van der Waals surface area (Å²) in [5.74, 6) is -1.60. The number of alkyl halides is 3. The molecule has 4 rings (SSSR count). The lowest BCUT2D eigenvalue weighted by molar-refractivity contribution is -0.139. The van der Waals surface area contributed by atoms with E-state index in [0.29, 0.717) is 12.8 Å². The molecule has 0 unspecified atom stereocenters. The quantitative estimate of drug-likeness (QED) is 0.312. The van der Waals surface area contributed by atoms with E-state index in [0.717, 1.165) is 57.5 Å². The topological polar surface area (TPSA) is 96.5 Å². The lowest BCUT2D eigenvalue weighted by Gasteiger charge is -2.32. The molecule has 1 aliphatic heterocycles. The average Bonchev–Trinajstić information content (AvgIpc) is 2.95. The van der Waals surface area contributed by atoms with E-state index in [1.807, 2.05) is 20.9 Å². The van der Waals surface area contributed by atoms with E-state index in [2.05, 4.69) is 25.5 Å². The lowest BCUT2D eigenvalue weighted by atomic mass is 9.73. The monoisotopic (exact) mass is 607 g/mol. The van der Waals surface area contributed by atoms with Gasteiger partial charge in [0.25, 0.3) is 5.91 Å². The Kier molecular flexibility index (Phi) is 10.6. The lowest BCUT2D eigenvalue weighted by Crippen LogP contribution is -2.43. The van der Waals surface area contributed by atoms with Crippen molar-refractivity contribution in [3.8, 4) is 5.75 Å². The van der Waals surface area contributed by atoms with Crippen LogP contribution in [0.3, 0.4) is 0 Å². The fraction of sp³-hybridized carbons (Fsp3) is 0.613. The number of aromatic nitrogens is 2. The van der Waals surface area contributed by atoms with Crippen molar-refractivity contribution >= 4 is 23.3 Å². The summed E-state index contributed by atoms with van der Waals surface area (Å²) in [6, 6.07) is 2.24. The highest BCUT2D eigenvalue weighted by molar-refractivity contribution is 5.96. The number of carbonyl (C=O) groups is 2. The summed E-state index contributed by atoms with van der Waals surface area (Å²) in [6.45, 7) is 5.31. The third-order valence-electron chi connectivity index (χ3n) is 8.64.